The largest absolute Gasteiger partial charge is 0.354 e. The van der Waals surface area contributed by atoms with E-state index in [9.17, 15) is 18.0 Å². The van der Waals surface area contributed by atoms with Gasteiger partial charge in [-0.25, -0.2) is 12.7 Å². The number of amides is 2. The minimum atomic E-state index is -3.63. The SMILES string of the molecule is CC[C@H](C(=O)NCC(C)C)N(Cc1ccccc1Cl)C(=O)CCCN(C)S(=O)(=O)c1ccccc1. The summed E-state index contributed by atoms with van der Waals surface area (Å²) in [6.07, 6.45) is 0.875. The molecule has 0 aromatic heterocycles. The van der Waals surface area contributed by atoms with Crippen molar-refractivity contribution in [2.24, 2.45) is 5.92 Å². The maximum absolute atomic E-state index is 13.3. The van der Waals surface area contributed by atoms with Crippen molar-refractivity contribution in [3.8, 4) is 0 Å². The summed E-state index contributed by atoms with van der Waals surface area (Å²) in [5.41, 5.74) is 0.751. The highest BCUT2D eigenvalue weighted by Crippen LogP contribution is 2.21. The summed E-state index contributed by atoms with van der Waals surface area (Å²) in [4.78, 5) is 28.1. The van der Waals surface area contributed by atoms with Crippen molar-refractivity contribution in [1.82, 2.24) is 14.5 Å². The molecule has 2 aromatic carbocycles. The molecule has 7 nitrogen and oxygen atoms in total. The lowest BCUT2D eigenvalue weighted by Gasteiger charge is -2.31. The number of sulfonamides is 1. The van der Waals surface area contributed by atoms with Gasteiger partial charge in [0.1, 0.15) is 6.04 Å². The lowest BCUT2D eigenvalue weighted by Crippen LogP contribution is -2.49. The van der Waals surface area contributed by atoms with Crippen molar-refractivity contribution >= 4 is 33.4 Å². The number of nitrogens with zero attached hydrogens (tertiary/aromatic N) is 2. The smallest absolute Gasteiger partial charge is 0.242 e. The molecule has 0 fully saturated rings. The summed E-state index contributed by atoms with van der Waals surface area (Å²) in [5.74, 6) is -0.140. The van der Waals surface area contributed by atoms with Crippen LogP contribution in [0, 0.1) is 5.92 Å². The Balaban J connectivity index is 2.13. The maximum Gasteiger partial charge on any atom is 0.242 e. The van der Waals surface area contributed by atoms with Gasteiger partial charge < -0.3 is 10.2 Å². The molecule has 0 saturated carbocycles. The van der Waals surface area contributed by atoms with Gasteiger partial charge in [0, 0.05) is 38.1 Å². The van der Waals surface area contributed by atoms with Crippen molar-refractivity contribution in [3.63, 3.8) is 0 Å². The number of hydrogen-bond donors (Lipinski definition) is 1. The van der Waals surface area contributed by atoms with Crippen LogP contribution in [0.25, 0.3) is 0 Å². The number of benzene rings is 2. The van der Waals surface area contributed by atoms with Gasteiger partial charge in [-0.15, -0.1) is 0 Å². The van der Waals surface area contributed by atoms with Crippen LogP contribution in [0.15, 0.2) is 59.5 Å². The van der Waals surface area contributed by atoms with Crippen molar-refractivity contribution in [2.45, 2.75) is 57.5 Å². The second-order valence-corrected chi connectivity index (χ2v) is 11.4. The molecule has 35 heavy (non-hydrogen) atoms. The summed E-state index contributed by atoms with van der Waals surface area (Å²) in [6, 6.07) is 14.8. The van der Waals surface area contributed by atoms with E-state index < -0.39 is 16.1 Å². The molecular weight excluding hydrogens is 486 g/mol. The third kappa shape index (κ3) is 8.33. The summed E-state index contributed by atoms with van der Waals surface area (Å²) >= 11 is 6.35. The third-order valence-electron chi connectivity index (χ3n) is 5.68. The molecule has 192 valence electrons. The van der Waals surface area contributed by atoms with E-state index in [1.54, 1.807) is 41.3 Å². The Hall–Kier alpha value is -2.42. The predicted molar refractivity (Wildman–Crippen MR) is 139 cm³/mol. The molecular formula is C26H36ClN3O4S. The number of nitrogens with one attached hydrogen (secondary N) is 1. The van der Waals surface area contributed by atoms with Gasteiger partial charge in [0.05, 0.1) is 4.90 Å². The molecule has 0 saturated heterocycles. The van der Waals surface area contributed by atoms with E-state index in [-0.39, 0.29) is 42.1 Å². The van der Waals surface area contributed by atoms with Gasteiger partial charge in [-0.05, 0) is 42.5 Å². The fraction of sp³-hybridized carbons (Fsp3) is 0.462. The molecule has 1 atom stereocenters. The highest BCUT2D eigenvalue weighted by Gasteiger charge is 2.29. The topological polar surface area (TPSA) is 86.8 Å². The Labute approximate surface area is 214 Å². The summed E-state index contributed by atoms with van der Waals surface area (Å²) in [5, 5.41) is 3.45. The van der Waals surface area contributed by atoms with Gasteiger partial charge in [-0.1, -0.05) is 68.8 Å². The van der Waals surface area contributed by atoms with E-state index in [0.717, 1.165) is 5.56 Å². The van der Waals surface area contributed by atoms with Crippen molar-refractivity contribution in [1.29, 1.82) is 0 Å². The first-order chi connectivity index (χ1) is 16.6. The Bertz CT molecular complexity index is 1080. The highest BCUT2D eigenvalue weighted by molar-refractivity contribution is 7.89. The second-order valence-electron chi connectivity index (χ2n) is 8.92. The molecule has 1 N–H and O–H groups in total. The fourth-order valence-electron chi connectivity index (χ4n) is 3.64. The minimum Gasteiger partial charge on any atom is -0.354 e. The molecule has 0 heterocycles. The fourth-order valence-corrected chi connectivity index (χ4v) is 5.07. The van der Waals surface area contributed by atoms with Crippen molar-refractivity contribution in [3.05, 3.63) is 65.2 Å². The zero-order valence-electron chi connectivity index (χ0n) is 20.9. The molecule has 0 aliphatic heterocycles. The third-order valence-corrected chi connectivity index (χ3v) is 7.92. The minimum absolute atomic E-state index is 0.104. The molecule has 2 rings (SSSR count). The Morgan fingerprint density at radius 2 is 1.66 bits per heavy atom. The van der Waals surface area contributed by atoms with Crippen molar-refractivity contribution in [2.75, 3.05) is 20.1 Å². The van der Waals surface area contributed by atoms with E-state index in [4.69, 9.17) is 11.6 Å². The molecule has 2 aromatic rings. The van der Waals surface area contributed by atoms with Crippen LogP contribution in [0.2, 0.25) is 5.02 Å². The van der Waals surface area contributed by atoms with Crippen LogP contribution in [0.5, 0.6) is 0 Å². The van der Waals surface area contributed by atoms with E-state index >= 15 is 0 Å². The average Bonchev–Trinajstić information content (AvgIpc) is 2.84. The molecule has 0 radical (unpaired) electrons. The monoisotopic (exact) mass is 521 g/mol. The zero-order valence-corrected chi connectivity index (χ0v) is 22.5. The van der Waals surface area contributed by atoms with Crippen molar-refractivity contribution < 1.29 is 18.0 Å². The summed E-state index contributed by atoms with van der Waals surface area (Å²) < 4.78 is 26.8. The van der Waals surface area contributed by atoms with Crippen LogP contribution in [-0.4, -0.2) is 55.6 Å². The number of hydrogen-bond acceptors (Lipinski definition) is 4. The van der Waals surface area contributed by atoms with Gasteiger partial charge in [0.15, 0.2) is 0 Å². The van der Waals surface area contributed by atoms with E-state index in [1.807, 2.05) is 39.0 Å². The van der Waals surface area contributed by atoms with Gasteiger partial charge >= 0.3 is 0 Å². The Morgan fingerprint density at radius 1 is 1.03 bits per heavy atom. The number of halogens is 1. The van der Waals surface area contributed by atoms with E-state index in [2.05, 4.69) is 5.32 Å². The van der Waals surface area contributed by atoms with Crippen LogP contribution in [0.3, 0.4) is 0 Å². The molecule has 0 aliphatic carbocycles. The predicted octanol–water partition coefficient (Wildman–Crippen LogP) is 4.32. The van der Waals surface area contributed by atoms with E-state index in [0.29, 0.717) is 24.4 Å². The lowest BCUT2D eigenvalue weighted by molar-refractivity contribution is -0.141. The molecule has 2 amide bonds. The molecule has 0 unspecified atom stereocenters. The standard InChI is InChI=1S/C26H36ClN3O4S/c1-5-24(26(32)28-18-20(2)3)30(19-21-12-9-10-15-23(21)27)25(31)16-11-17-29(4)35(33,34)22-13-7-6-8-14-22/h6-10,12-15,20,24H,5,11,16-19H2,1-4H3,(H,28,32)/t24-/m1/s1. The first-order valence-corrected chi connectivity index (χ1v) is 13.7. The van der Waals surface area contributed by atoms with Crippen LogP contribution >= 0.6 is 11.6 Å². The first-order valence-electron chi connectivity index (χ1n) is 11.9. The molecule has 0 spiro atoms. The number of rotatable bonds is 13. The normalized spacial score (nSPS) is 12.5. The average molecular weight is 522 g/mol. The van der Waals surface area contributed by atoms with Gasteiger partial charge in [-0.3, -0.25) is 9.59 Å². The Morgan fingerprint density at radius 3 is 2.26 bits per heavy atom. The van der Waals surface area contributed by atoms with Crippen LogP contribution in [0.1, 0.15) is 45.6 Å². The number of carbonyl (C=O) groups excluding carboxylic acids is 2. The quantitative estimate of drug-likeness (QED) is 0.425. The van der Waals surface area contributed by atoms with Gasteiger partial charge in [0.2, 0.25) is 21.8 Å². The summed E-state index contributed by atoms with van der Waals surface area (Å²) in [6.45, 7) is 6.78. The second kappa shape index (κ2) is 13.6. The van der Waals surface area contributed by atoms with Crippen LogP contribution < -0.4 is 5.32 Å². The maximum atomic E-state index is 13.3. The van der Waals surface area contributed by atoms with Gasteiger partial charge in [-0.2, -0.15) is 0 Å². The Kier molecular flexibility index (Phi) is 11.2. The van der Waals surface area contributed by atoms with Crippen LogP contribution in [-0.2, 0) is 26.2 Å². The number of carbonyl (C=O) groups is 2. The first kappa shape index (κ1) is 28.8. The lowest BCUT2D eigenvalue weighted by atomic mass is 10.1. The zero-order chi connectivity index (χ0) is 26.0. The molecule has 0 aliphatic rings. The summed E-state index contributed by atoms with van der Waals surface area (Å²) in [7, 11) is -2.13. The van der Waals surface area contributed by atoms with Crippen LogP contribution in [0.4, 0.5) is 0 Å². The van der Waals surface area contributed by atoms with Gasteiger partial charge in [0.25, 0.3) is 0 Å². The molecule has 9 heteroatoms. The highest BCUT2D eigenvalue weighted by atomic mass is 35.5. The molecule has 0 bridgehead atoms. The van der Waals surface area contributed by atoms with E-state index in [1.165, 1.54) is 11.4 Å².